The molecule has 54 valence electrons. The minimum Gasteiger partial charge on any atom is -0.471 e. The fourth-order valence-electron chi connectivity index (χ4n) is 1.03. The van der Waals surface area contributed by atoms with Gasteiger partial charge in [-0.25, -0.2) is 0 Å². The molecule has 1 aliphatic carbocycles. The topological polar surface area (TPSA) is 13.1 Å². The summed E-state index contributed by atoms with van der Waals surface area (Å²) in [7, 11) is 0. The number of hydrogen-bond acceptors (Lipinski definition) is 1. The predicted octanol–water partition coefficient (Wildman–Crippen LogP) is 2.88. The molecule has 0 atom stereocenters. The molecule has 0 saturated heterocycles. The summed E-state index contributed by atoms with van der Waals surface area (Å²) >= 11 is 0. The fraction of sp³-hybridized carbons (Fsp3) is 0. The van der Waals surface area contributed by atoms with Crippen molar-refractivity contribution in [2.75, 3.05) is 0 Å². The van der Waals surface area contributed by atoms with Crippen LogP contribution < -0.4 is 0 Å². The van der Waals surface area contributed by atoms with Gasteiger partial charge < -0.3 is 4.42 Å². The van der Waals surface area contributed by atoms with E-state index in [2.05, 4.69) is 0 Å². The Bertz CT molecular complexity index is 296. The molecule has 2 rings (SSSR count). The third-order valence-electron chi connectivity index (χ3n) is 1.61. The van der Waals surface area contributed by atoms with Crippen molar-refractivity contribution < 1.29 is 4.42 Å². The van der Waals surface area contributed by atoms with Crippen LogP contribution in [0.2, 0.25) is 0 Å². The average molecular weight is 144 g/mol. The van der Waals surface area contributed by atoms with Crippen LogP contribution in [0.25, 0.3) is 12.2 Å². The van der Waals surface area contributed by atoms with E-state index in [0.717, 1.165) is 11.1 Å². The Morgan fingerprint density at radius 2 is 1.27 bits per heavy atom. The Kier molecular flexibility index (Phi) is 1.48. The zero-order valence-electron chi connectivity index (χ0n) is 6.03. The van der Waals surface area contributed by atoms with Gasteiger partial charge in [-0.15, -0.1) is 0 Å². The molecule has 0 amide bonds. The van der Waals surface area contributed by atoms with Gasteiger partial charge in [0.05, 0.1) is 12.5 Å². The highest BCUT2D eigenvalue weighted by Gasteiger charge is 1.97. The van der Waals surface area contributed by atoms with Crippen LogP contribution in [-0.4, -0.2) is 0 Å². The van der Waals surface area contributed by atoms with E-state index in [9.17, 15) is 0 Å². The molecule has 0 bridgehead atoms. The first-order chi connectivity index (χ1) is 5.47. The van der Waals surface area contributed by atoms with Gasteiger partial charge in [0, 0.05) is 11.1 Å². The summed E-state index contributed by atoms with van der Waals surface area (Å²) in [5.74, 6) is 0. The van der Waals surface area contributed by atoms with Crippen LogP contribution in [0, 0.1) is 0 Å². The molecule has 0 saturated carbocycles. The van der Waals surface area contributed by atoms with Crippen molar-refractivity contribution in [3.63, 3.8) is 0 Å². The maximum absolute atomic E-state index is 5.05. The number of furan rings is 1. The first-order valence-corrected chi connectivity index (χ1v) is 3.54. The molecule has 0 radical (unpaired) electrons. The van der Waals surface area contributed by atoms with E-state index in [1.807, 2.05) is 36.5 Å². The Hall–Kier alpha value is -1.50. The lowest BCUT2D eigenvalue weighted by molar-refractivity contribution is 0.566. The van der Waals surface area contributed by atoms with Gasteiger partial charge in [-0.2, -0.15) is 0 Å². The van der Waals surface area contributed by atoms with E-state index in [1.54, 1.807) is 12.5 Å². The van der Waals surface area contributed by atoms with Crippen LogP contribution >= 0.6 is 0 Å². The first-order valence-electron chi connectivity index (χ1n) is 3.54. The van der Waals surface area contributed by atoms with E-state index in [4.69, 9.17) is 4.42 Å². The summed E-state index contributed by atoms with van der Waals surface area (Å²) in [4.78, 5) is 0. The second-order valence-electron chi connectivity index (χ2n) is 2.39. The maximum Gasteiger partial charge on any atom is 0.0981 e. The number of allylic oxidation sites excluding steroid dienone is 4. The predicted molar refractivity (Wildman–Crippen MR) is 45.9 cm³/mol. The summed E-state index contributed by atoms with van der Waals surface area (Å²) in [5.41, 5.74) is 2.26. The van der Waals surface area contributed by atoms with E-state index in [-0.39, 0.29) is 0 Å². The second-order valence-corrected chi connectivity index (χ2v) is 2.39. The van der Waals surface area contributed by atoms with Crippen molar-refractivity contribution in [3.05, 3.63) is 48.0 Å². The van der Waals surface area contributed by atoms with Crippen LogP contribution in [0.4, 0.5) is 0 Å². The monoisotopic (exact) mass is 144 g/mol. The lowest BCUT2D eigenvalue weighted by Crippen LogP contribution is -1.71. The SMILES string of the molecule is C1=C\C=C\c2cocc2/C=C/1. The summed E-state index contributed by atoms with van der Waals surface area (Å²) in [6.45, 7) is 0. The zero-order valence-corrected chi connectivity index (χ0v) is 6.03. The van der Waals surface area contributed by atoms with Crippen molar-refractivity contribution in [1.82, 2.24) is 0 Å². The maximum atomic E-state index is 5.05. The van der Waals surface area contributed by atoms with Crippen LogP contribution in [0.1, 0.15) is 11.1 Å². The second kappa shape index (κ2) is 2.62. The summed E-state index contributed by atoms with van der Waals surface area (Å²) in [6, 6.07) is 0. The van der Waals surface area contributed by atoms with E-state index < -0.39 is 0 Å². The molecule has 1 nitrogen and oxygen atoms in total. The Labute approximate surface area is 65.3 Å². The highest BCUT2D eigenvalue weighted by atomic mass is 16.3. The largest absolute Gasteiger partial charge is 0.471 e. The molecule has 0 aromatic carbocycles. The molecule has 0 unspecified atom stereocenters. The van der Waals surface area contributed by atoms with Gasteiger partial charge in [0.2, 0.25) is 0 Å². The molecule has 0 fully saturated rings. The normalized spacial score (nSPS) is 22.9. The van der Waals surface area contributed by atoms with E-state index in [1.165, 1.54) is 0 Å². The van der Waals surface area contributed by atoms with Crippen LogP contribution in [0.3, 0.4) is 0 Å². The molecule has 1 aliphatic rings. The van der Waals surface area contributed by atoms with Gasteiger partial charge in [0.15, 0.2) is 0 Å². The smallest absolute Gasteiger partial charge is 0.0981 e. The minimum atomic E-state index is 1.13. The number of fused-ring (bicyclic) bond motifs is 1. The van der Waals surface area contributed by atoms with Crippen LogP contribution in [0.15, 0.2) is 41.2 Å². The highest BCUT2D eigenvalue weighted by molar-refractivity contribution is 5.66. The van der Waals surface area contributed by atoms with Gasteiger partial charge in [-0.1, -0.05) is 36.5 Å². The Balaban J connectivity index is 2.52. The van der Waals surface area contributed by atoms with E-state index in [0.29, 0.717) is 0 Å². The highest BCUT2D eigenvalue weighted by Crippen LogP contribution is 2.15. The summed E-state index contributed by atoms with van der Waals surface area (Å²) in [6.07, 6.45) is 15.5. The minimum absolute atomic E-state index is 1.13. The molecule has 1 aromatic rings. The summed E-state index contributed by atoms with van der Waals surface area (Å²) < 4.78 is 5.05. The summed E-state index contributed by atoms with van der Waals surface area (Å²) in [5, 5.41) is 0. The molecule has 11 heavy (non-hydrogen) atoms. The zero-order chi connectivity index (χ0) is 7.52. The van der Waals surface area contributed by atoms with Gasteiger partial charge in [-0.05, 0) is 0 Å². The third kappa shape index (κ3) is 1.17. The quantitative estimate of drug-likeness (QED) is 0.545. The number of hydrogen-bond donors (Lipinski definition) is 0. The van der Waals surface area contributed by atoms with Crippen molar-refractivity contribution in [2.24, 2.45) is 0 Å². The molecule has 0 aliphatic heterocycles. The van der Waals surface area contributed by atoms with E-state index >= 15 is 0 Å². The Morgan fingerprint density at radius 1 is 0.727 bits per heavy atom. The third-order valence-corrected chi connectivity index (χ3v) is 1.61. The van der Waals surface area contributed by atoms with Gasteiger partial charge in [0.1, 0.15) is 0 Å². The Morgan fingerprint density at radius 3 is 1.82 bits per heavy atom. The molecular weight excluding hydrogens is 136 g/mol. The molecule has 0 spiro atoms. The fourth-order valence-corrected chi connectivity index (χ4v) is 1.03. The van der Waals surface area contributed by atoms with Crippen LogP contribution in [0.5, 0.6) is 0 Å². The van der Waals surface area contributed by atoms with Crippen molar-refractivity contribution in [3.8, 4) is 0 Å². The van der Waals surface area contributed by atoms with Crippen molar-refractivity contribution in [1.29, 1.82) is 0 Å². The molecule has 1 heterocycles. The number of rotatable bonds is 0. The molecule has 1 aromatic heterocycles. The lowest BCUT2D eigenvalue weighted by Gasteiger charge is -1.89. The average Bonchev–Trinajstić information content (AvgIpc) is 2.35. The first kappa shape index (κ1) is 6.23. The van der Waals surface area contributed by atoms with Crippen LogP contribution in [-0.2, 0) is 0 Å². The standard InChI is InChI=1S/C10H8O/c1-2-4-6-10-8-11-7-9(10)5-3-1/h1-8H/b2-1-,5-3+,6-4+. The van der Waals surface area contributed by atoms with Gasteiger partial charge in [-0.3, -0.25) is 0 Å². The van der Waals surface area contributed by atoms with Crippen molar-refractivity contribution in [2.45, 2.75) is 0 Å². The lowest BCUT2D eigenvalue weighted by atomic mass is 10.1. The molecular formula is C10H8O. The van der Waals surface area contributed by atoms with Crippen molar-refractivity contribution >= 4 is 12.2 Å². The van der Waals surface area contributed by atoms with Gasteiger partial charge in [0.25, 0.3) is 0 Å². The molecule has 0 N–H and O–H groups in total. The van der Waals surface area contributed by atoms with Gasteiger partial charge >= 0.3 is 0 Å². The molecule has 1 heteroatoms.